The Morgan fingerprint density at radius 1 is 1.53 bits per heavy atom. The van der Waals surface area contributed by atoms with Gasteiger partial charge in [-0.3, -0.25) is 9.59 Å². The molecule has 17 heavy (non-hydrogen) atoms. The Hall–Kier alpha value is -1.62. The Balaban J connectivity index is 1.92. The van der Waals surface area contributed by atoms with Crippen LogP contribution in [0, 0.1) is 0 Å². The van der Waals surface area contributed by atoms with E-state index in [1.807, 2.05) is 0 Å². The van der Waals surface area contributed by atoms with Gasteiger partial charge in [-0.2, -0.15) is 0 Å². The maximum atomic E-state index is 12.3. The van der Waals surface area contributed by atoms with Crippen LogP contribution in [0.2, 0.25) is 0 Å². The van der Waals surface area contributed by atoms with Gasteiger partial charge >= 0.3 is 0 Å². The Morgan fingerprint density at radius 3 is 3.00 bits per heavy atom. The van der Waals surface area contributed by atoms with Crippen molar-refractivity contribution in [2.24, 2.45) is 7.05 Å². The first-order chi connectivity index (χ1) is 8.16. The SMILES string of the molecule is Cn1cccc(C(=O)N2CC3CC2CO3)c1=O. The van der Waals surface area contributed by atoms with Gasteiger partial charge in [0.25, 0.3) is 11.5 Å². The molecule has 2 aliphatic rings. The summed E-state index contributed by atoms with van der Waals surface area (Å²) in [5.41, 5.74) is 0.0174. The summed E-state index contributed by atoms with van der Waals surface area (Å²) >= 11 is 0. The number of amides is 1. The van der Waals surface area contributed by atoms with Gasteiger partial charge in [-0.1, -0.05) is 0 Å². The van der Waals surface area contributed by atoms with Gasteiger partial charge in [0, 0.05) is 19.8 Å². The molecule has 0 radical (unpaired) electrons. The zero-order valence-electron chi connectivity index (χ0n) is 9.63. The van der Waals surface area contributed by atoms with Crippen molar-refractivity contribution < 1.29 is 9.53 Å². The van der Waals surface area contributed by atoms with Gasteiger partial charge in [0.2, 0.25) is 0 Å². The highest BCUT2D eigenvalue weighted by atomic mass is 16.5. The zero-order valence-corrected chi connectivity index (χ0v) is 9.63. The van der Waals surface area contributed by atoms with Crippen LogP contribution in [0.1, 0.15) is 16.8 Å². The molecule has 3 heterocycles. The van der Waals surface area contributed by atoms with Crippen molar-refractivity contribution in [2.75, 3.05) is 13.2 Å². The number of aromatic nitrogens is 1. The van der Waals surface area contributed by atoms with Crippen molar-refractivity contribution >= 4 is 5.91 Å². The molecule has 3 rings (SSSR count). The second-order valence-electron chi connectivity index (χ2n) is 4.64. The molecule has 0 aliphatic carbocycles. The normalized spacial score (nSPS) is 26.5. The van der Waals surface area contributed by atoms with Crippen LogP contribution in [0.3, 0.4) is 0 Å². The van der Waals surface area contributed by atoms with E-state index in [4.69, 9.17) is 4.74 Å². The number of likely N-dealkylation sites (tertiary alicyclic amines) is 1. The lowest BCUT2D eigenvalue weighted by molar-refractivity contribution is 0.0257. The fraction of sp³-hybridized carbons (Fsp3) is 0.500. The van der Waals surface area contributed by atoms with Gasteiger partial charge in [-0.15, -0.1) is 0 Å². The van der Waals surface area contributed by atoms with Crippen molar-refractivity contribution in [2.45, 2.75) is 18.6 Å². The largest absolute Gasteiger partial charge is 0.374 e. The summed E-state index contributed by atoms with van der Waals surface area (Å²) in [7, 11) is 1.65. The Bertz CT molecular complexity index is 523. The molecule has 5 nitrogen and oxygen atoms in total. The molecule has 2 aliphatic heterocycles. The van der Waals surface area contributed by atoms with Crippen molar-refractivity contribution in [3.8, 4) is 0 Å². The smallest absolute Gasteiger partial charge is 0.263 e. The Morgan fingerprint density at radius 2 is 2.35 bits per heavy atom. The molecule has 0 N–H and O–H groups in total. The van der Waals surface area contributed by atoms with E-state index < -0.39 is 0 Å². The summed E-state index contributed by atoms with van der Waals surface area (Å²) in [5, 5.41) is 0. The maximum absolute atomic E-state index is 12.3. The molecule has 1 amide bonds. The van der Waals surface area contributed by atoms with Gasteiger partial charge in [0.15, 0.2) is 0 Å². The average molecular weight is 234 g/mol. The molecule has 1 aromatic rings. The number of carbonyl (C=O) groups excluding carboxylic acids is 1. The number of aryl methyl sites for hydroxylation is 1. The van der Waals surface area contributed by atoms with Gasteiger partial charge < -0.3 is 14.2 Å². The molecular weight excluding hydrogens is 220 g/mol. The molecule has 2 atom stereocenters. The highest BCUT2D eigenvalue weighted by molar-refractivity contribution is 5.94. The second-order valence-corrected chi connectivity index (χ2v) is 4.64. The third kappa shape index (κ3) is 1.58. The van der Waals surface area contributed by atoms with Crippen molar-refractivity contribution in [1.29, 1.82) is 0 Å². The summed E-state index contributed by atoms with van der Waals surface area (Å²) in [4.78, 5) is 25.9. The first kappa shape index (κ1) is 10.5. The van der Waals surface area contributed by atoms with Gasteiger partial charge in [-0.05, 0) is 18.6 Å². The lowest BCUT2D eigenvalue weighted by Gasteiger charge is -2.26. The molecule has 0 saturated carbocycles. The van der Waals surface area contributed by atoms with E-state index in [2.05, 4.69) is 0 Å². The lowest BCUT2D eigenvalue weighted by Crippen LogP contribution is -2.43. The standard InChI is InChI=1S/C12H14N2O3/c1-13-4-2-3-10(11(13)15)12(16)14-6-9-5-8(14)7-17-9/h2-4,8-9H,5-7H2,1H3. The minimum absolute atomic E-state index is 0.150. The lowest BCUT2D eigenvalue weighted by atomic mass is 10.2. The number of carbonyl (C=O) groups is 1. The topological polar surface area (TPSA) is 51.5 Å². The summed E-state index contributed by atoms with van der Waals surface area (Å²) in [6.07, 6.45) is 2.72. The third-order valence-corrected chi connectivity index (χ3v) is 3.51. The molecule has 1 aromatic heterocycles. The number of pyridine rings is 1. The van der Waals surface area contributed by atoms with E-state index in [1.165, 1.54) is 4.57 Å². The molecule has 90 valence electrons. The van der Waals surface area contributed by atoms with Gasteiger partial charge in [0.05, 0.1) is 18.8 Å². The Kier molecular flexibility index (Phi) is 2.29. The number of ether oxygens (including phenoxy) is 1. The predicted molar refractivity (Wildman–Crippen MR) is 60.9 cm³/mol. The van der Waals surface area contributed by atoms with E-state index in [-0.39, 0.29) is 29.2 Å². The summed E-state index contributed by atoms with van der Waals surface area (Å²) in [5.74, 6) is -0.165. The molecule has 0 aromatic carbocycles. The third-order valence-electron chi connectivity index (χ3n) is 3.51. The van der Waals surface area contributed by atoms with Crippen LogP contribution in [0.15, 0.2) is 23.1 Å². The highest BCUT2D eigenvalue weighted by Crippen LogP contribution is 2.28. The van der Waals surface area contributed by atoms with Crippen LogP contribution in [-0.4, -0.2) is 40.7 Å². The fourth-order valence-electron chi connectivity index (χ4n) is 2.56. The minimum Gasteiger partial charge on any atom is -0.374 e. The number of fused-ring (bicyclic) bond motifs is 2. The first-order valence-electron chi connectivity index (χ1n) is 5.75. The number of rotatable bonds is 1. The molecular formula is C12H14N2O3. The Labute approximate surface area is 98.6 Å². The predicted octanol–water partition coefficient (Wildman–Crippen LogP) is -0.00140. The van der Waals surface area contributed by atoms with Gasteiger partial charge in [-0.25, -0.2) is 0 Å². The highest BCUT2D eigenvalue weighted by Gasteiger charge is 2.42. The van der Waals surface area contributed by atoms with E-state index in [0.29, 0.717) is 13.2 Å². The fourth-order valence-corrected chi connectivity index (χ4v) is 2.56. The van der Waals surface area contributed by atoms with Gasteiger partial charge in [0.1, 0.15) is 5.56 Å². The molecule has 2 fully saturated rings. The molecule has 2 unspecified atom stereocenters. The second kappa shape index (κ2) is 3.70. The number of hydrogen-bond donors (Lipinski definition) is 0. The van der Waals surface area contributed by atoms with E-state index in [1.54, 1.807) is 30.3 Å². The van der Waals surface area contributed by atoms with Crippen molar-refractivity contribution in [3.63, 3.8) is 0 Å². The van der Waals surface area contributed by atoms with E-state index >= 15 is 0 Å². The van der Waals surface area contributed by atoms with Crippen LogP contribution >= 0.6 is 0 Å². The molecule has 2 saturated heterocycles. The maximum Gasteiger partial charge on any atom is 0.263 e. The number of hydrogen-bond acceptors (Lipinski definition) is 3. The van der Waals surface area contributed by atoms with Crippen LogP contribution < -0.4 is 5.56 Å². The van der Waals surface area contributed by atoms with Crippen LogP contribution in [0.25, 0.3) is 0 Å². The van der Waals surface area contributed by atoms with Crippen LogP contribution in [0.4, 0.5) is 0 Å². The molecule has 5 heteroatoms. The average Bonchev–Trinajstić information content (AvgIpc) is 2.94. The summed E-state index contributed by atoms with van der Waals surface area (Å²) in [6.45, 7) is 1.21. The summed E-state index contributed by atoms with van der Waals surface area (Å²) in [6, 6.07) is 3.47. The monoisotopic (exact) mass is 234 g/mol. The molecule has 0 spiro atoms. The number of nitrogens with zero attached hydrogens (tertiary/aromatic N) is 2. The van der Waals surface area contributed by atoms with Crippen molar-refractivity contribution in [3.05, 3.63) is 34.2 Å². The van der Waals surface area contributed by atoms with E-state index in [0.717, 1.165) is 6.42 Å². The summed E-state index contributed by atoms with van der Waals surface area (Å²) < 4.78 is 6.87. The van der Waals surface area contributed by atoms with Crippen LogP contribution in [-0.2, 0) is 11.8 Å². The quantitative estimate of drug-likeness (QED) is 0.687. The first-order valence-corrected chi connectivity index (χ1v) is 5.75. The molecule has 2 bridgehead atoms. The van der Waals surface area contributed by atoms with E-state index in [9.17, 15) is 9.59 Å². The zero-order chi connectivity index (χ0) is 12.0. The minimum atomic E-state index is -0.235. The number of morpholine rings is 1. The van der Waals surface area contributed by atoms with Crippen molar-refractivity contribution in [1.82, 2.24) is 9.47 Å². The van der Waals surface area contributed by atoms with Crippen LogP contribution in [0.5, 0.6) is 0 Å².